The zero-order chi connectivity index (χ0) is 19.4. The second-order valence-corrected chi connectivity index (χ2v) is 6.53. The summed E-state index contributed by atoms with van der Waals surface area (Å²) in [6, 6.07) is 13.1. The number of hydrogen-bond donors (Lipinski definition) is 1. The molecule has 3 rings (SSSR count). The number of para-hydroxylation sites is 1. The zero-order valence-electron chi connectivity index (χ0n) is 15.7. The molecule has 0 saturated heterocycles. The van der Waals surface area contributed by atoms with Gasteiger partial charge in [0.2, 0.25) is 0 Å². The molecule has 0 aliphatic carbocycles. The SMILES string of the molecule is CC[C@H](C)c1ccccc1NC(=O)[C@@H](C)OC(=O)c1cn2ccccc2n1. The second kappa shape index (κ2) is 8.03. The number of carbonyl (C=O) groups excluding carboxylic acids is 2. The first-order chi connectivity index (χ1) is 13.0. The molecule has 0 aliphatic heterocycles. The lowest BCUT2D eigenvalue weighted by atomic mass is 9.97. The average Bonchev–Trinajstić information content (AvgIpc) is 3.12. The summed E-state index contributed by atoms with van der Waals surface area (Å²) >= 11 is 0. The van der Waals surface area contributed by atoms with E-state index in [0.717, 1.165) is 17.7 Å². The fraction of sp³-hybridized carbons (Fsp3) is 0.286. The summed E-state index contributed by atoms with van der Waals surface area (Å²) in [5, 5.41) is 2.87. The van der Waals surface area contributed by atoms with Crippen LogP contribution < -0.4 is 5.32 Å². The monoisotopic (exact) mass is 365 g/mol. The van der Waals surface area contributed by atoms with E-state index < -0.39 is 12.1 Å². The Morgan fingerprint density at radius 2 is 1.89 bits per heavy atom. The number of hydrogen-bond acceptors (Lipinski definition) is 4. The van der Waals surface area contributed by atoms with Crippen LogP contribution >= 0.6 is 0 Å². The molecule has 0 aliphatic rings. The van der Waals surface area contributed by atoms with Gasteiger partial charge in [0.1, 0.15) is 5.65 Å². The van der Waals surface area contributed by atoms with E-state index in [2.05, 4.69) is 24.1 Å². The fourth-order valence-corrected chi connectivity index (χ4v) is 2.80. The molecule has 0 spiro atoms. The molecule has 6 nitrogen and oxygen atoms in total. The maximum absolute atomic E-state index is 12.5. The van der Waals surface area contributed by atoms with Crippen molar-refractivity contribution in [2.24, 2.45) is 0 Å². The summed E-state index contributed by atoms with van der Waals surface area (Å²) in [6.07, 6.45) is 3.40. The molecule has 27 heavy (non-hydrogen) atoms. The maximum atomic E-state index is 12.5. The number of fused-ring (bicyclic) bond motifs is 1. The molecule has 0 saturated carbocycles. The third kappa shape index (κ3) is 4.16. The van der Waals surface area contributed by atoms with Crippen LogP contribution in [0.5, 0.6) is 0 Å². The highest BCUT2D eigenvalue weighted by molar-refractivity contribution is 5.97. The Morgan fingerprint density at radius 1 is 1.15 bits per heavy atom. The van der Waals surface area contributed by atoms with Crippen molar-refractivity contribution in [3.05, 3.63) is 66.1 Å². The molecule has 2 aromatic heterocycles. The Bertz CT molecular complexity index is 931. The van der Waals surface area contributed by atoms with Gasteiger partial charge < -0.3 is 14.5 Å². The number of nitrogens with zero attached hydrogens (tertiary/aromatic N) is 2. The molecular weight excluding hydrogens is 342 g/mol. The Labute approximate surface area is 158 Å². The van der Waals surface area contributed by atoms with Crippen LogP contribution in [-0.4, -0.2) is 27.4 Å². The van der Waals surface area contributed by atoms with Crippen LogP contribution in [-0.2, 0) is 9.53 Å². The van der Waals surface area contributed by atoms with Crippen molar-refractivity contribution in [1.29, 1.82) is 0 Å². The number of nitrogens with one attached hydrogen (secondary N) is 1. The summed E-state index contributed by atoms with van der Waals surface area (Å²) in [5.74, 6) is -0.684. The van der Waals surface area contributed by atoms with Gasteiger partial charge in [0.15, 0.2) is 11.8 Å². The van der Waals surface area contributed by atoms with Crippen molar-refractivity contribution < 1.29 is 14.3 Å². The van der Waals surface area contributed by atoms with Crippen LogP contribution in [0.1, 0.15) is 49.2 Å². The molecule has 3 aromatic rings. The average molecular weight is 365 g/mol. The van der Waals surface area contributed by atoms with Gasteiger partial charge in [-0.25, -0.2) is 9.78 Å². The number of amides is 1. The fourth-order valence-electron chi connectivity index (χ4n) is 2.80. The summed E-state index contributed by atoms with van der Waals surface area (Å²) in [4.78, 5) is 29.0. The van der Waals surface area contributed by atoms with Gasteiger partial charge in [0.25, 0.3) is 5.91 Å². The minimum Gasteiger partial charge on any atom is -0.448 e. The first-order valence-corrected chi connectivity index (χ1v) is 9.04. The van der Waals surface area contributed by atoms with E-state index in [4.69, 9.17) is 4.74 Å². The highest BCUT2D eigenvalue weighted by Gasteiger charge is 2.22. The first-order valence-electron chi connectivity index (χ1n) is 9.04. The summed E-state index contributed by atoms with van der Waals surface area (Å²) in [7, 11) is 0. The van der Waals surface area contributed by atoms with E-state index >= 15 is 0 Å². The van der Waals surface area contributed by atoms with Crippen molar-refractivity contribution in [3.63, 3.8) is 0 Å². The Hall–Kier alpha value is -3.15. The highest BCUT2D eigenvalue weighted by atomic mass is 16.5. The van der Waals surface area contributed by atoms with Crippen LogP contribution in [0.2, 0.25) is 0 Å². The lowest BCUT2D eigenvalue weighted by Gasteiger charge is -2.18. The van der Waals surface area contributed by atoms with Crippen LogP contribution in [0.3, 0.4) is 0 Å². The molecule has 1 N–H and O–H groups in total. The molecule has 6 heteroatoms. The lowest BCUT2D eigenvalue weighted by molar-refractivity contribution is -0.123. The third-order valence-corrected chi connectivity index (χ3v) is 4.59. The standard InChI is InChI=1S/C21H23N3O3/c1-4-14(2)16-9-5-6-10-17(16)23-20(25)15(3)27-21(26)18-13-24-12-8-7-11-19(24)22-18/h5-15H,4H2,1-3H3,(H,23,25)/t14-,15+/m0/s1. The number of benzene rings is 1. The second-order valence-electron chi connectivity index (χ2n) is 6.53. The molecular formula is C21H23N3O3. The number of pyridine rings is 1. The van der Waals surface area contributed by atoms with Gasteiger partial charge in [-0.05, 0) is 43.0 Å². The smallest absolute Gasteiger partial charge is 0.359 e. The lowest BCUT2D eigenvalue weighted by Crippen LogP contribution is -2.30. The van der Waals surface area contributed by atoms with Crippen LogP contribution in [0.25, 0.3) is 5.65 Å². The predicted octanol–water partition coefficient (Wildman–Crippen LogP) is 4.03. The normalized spacial score (nSPS) is 13.1. The van der Waals surface area contributed by atoms with E-state index in [1.165, 1.54) is 0 Å². The van der Waals surface area contributed by atoms with Crippen molar-refractivity contribution in [2.75, 3.05) is 5.32 Å². The van der Waals surface area contributed by atoms with Crippen molar-refractivity contribution in [3.8, 4) is 0 Å². The Balaban J connectivity index is 1.68. The van der Waals surface area contributed by atoms with Crippen molar-refractivity contribution >= 4 is 23.2 Å². The quantitative estimate of drug-likeness (QED) is 0.669. The number of aromatic nitrogens is 2. The molecule has 0 bridgehead atoms. The van der Waals surface area contributed by atoms with Crippen LogP contribution in [0.4, 0.5) is 5.69 Å². The number of ether oxygens (including phenoxy) is 1. The van der Waals surface area contributed by atoms with E-state index in [1.54, 1.807) is 29.8 Å². The first kappa shape index (κ1) is 18.6. The van der Waals surface area contributed by atoms with Gasteiger partial charge in [0, 0.05) is 18.1 Å². The van der Waals surface area contributed by atoms with Gasteiger partial charge in [-0.2, -0.15) is 0 Å². The Kier molecular flexibility index (Phi) is 5.54. The summed E-state index contributed by atoms with van der Waals surface area (Å²) in [6.45, 7) is 5.76. The van der Waals surface area contributed by atoms with Gasteiger partial charge in [-0.1, -0.05) is 38.1 Å². The number of anilines is 1. The minimum atomic E-state index is -0.938. The molecule has 1 amide bonds. The largest absolute Gasteiger partial charge is 0.448 e. The predicted molar refractivity (Wildman–Crippen MR) is 104 cm³/mol. The van der Waals surface area contributed by atoms with Crippen LogP contribution in [0.15, 0.2) is 54.9 Å². The van der Waals surface area contributed by atoms with Gasteiger partial charge in [0.05, 0.1) is 0 Å². The number of imidazole rings is 1. The number of rotatable bonds is 6. The number of esters is 1. The van der Waals surface area contributed by atoms with E-state index in [0.29, 0.717) is 11.6 Å². The topological polar surface area (TPSA) is 72.7 Å². The molecule has 140 valence electrons. The van der Waals surface area contributed by atoms with E-state index in [9.17, 15) is 9.59 Å². The Morgan fingerprint density at radius 3 is 2.63 bits per heavy atom. The molecule has 0 radical (unpaired) electrons. The molecule has 2 heterocycles. The van der Waals surface area contributed by atoms with Gasteiger partial charge in [-0.3, -0.25) is 4.79 Å². The van der Waals surface area contributed by atoms with Gasteiger partial charge in [-0.15, -0.1) is 0 Å². The van der Waals surface area contributed by atoms with Crippen molar-refractivity contribution in [2.45, 2.75) is 39.2 Å². The van der Waals surface area contributed by atoms with E-state index in [1.807, 2.05) is 36.4 Å². The van der Waals surface area contributed by atoms with E-state index in [-0.39, 0.29) is 11.6 Å². The summed E-state index contributed by atoms with van der Waals surface area (Å²) in [5.41, 5.74) is 2.62. The van der Waals surface area contributed by atoms with Gasteiger partial charge >= 0.3 is 5.97 Å². The molecule has 0 fully saturated rings. The zero-order valence-corrected chi connectivity index (χ0v) is 15.7. The number of carbonyl (C=O) groups is 2. The highest BCUT2D eigenvalue weighted by Crippen LogP contribution is 2.26. The molecule has 0 unspecified atom stereocenters. The molecule has 1 aromatic carbocycles. The summed E-state index contributed by atoms with van der Waals surface area (Å²) < 4.78 is 7.03. The third-order valence-electron chi connectivity index (χ3n) is 4.59. The van der Waals surface area contributed by atoms with Crippen molar-refractivity contribution in [1.82, 2.24) is 9.38 Å². The maximum Gasteiger partial charge on any atom is 0.359 e. The van der Waals surface area contributed by atoms with Crippen LogP contribution in [0, 0.1) is 0 Å². The minimum absolute atomic E-state index is 0.167. The molecule has 2 atom stereocenters.